The summed E-state index contributed by atoms with van der Waals surface area (Å²) in [5, 5.41) is 3.06. The van der Waals surface area contributed by atoms with Crippen molar-refractivity contribution >= 4 is 5.84 Å². The smallest absolute Gasteiger partial charge is 0.0967 e. The fraction of sp³-hybridized carbons (Fsp3) is 0.667. The van der Waals surface area contributed by atoms with Gasteiger partial charge in [0.2, 0.25) is 0 Å². The molecule has 0 spiro atoms. The minimum absolute atomic E-state index is 0.729. The van der Waals surface area contributed by atoms with Gasteiger partial charge in [0.05, 0.1) is 5.84 Å². The van der Waals surface area contributed by atoms with Crippen LogP contribution in [-0.2, 0) is 0 Å². The van der Waals surface area contributed by atoms with Gasteiger partial charge in [0.1, 0.15) is 0 Å². The third-order valence-electron chi connectivity index (χ3n) is 1.35. The summed E-state index contributed by atoms with van der Waals surface area (Å²) in [5.74, 6) is 1.68. The van der Waals surface area contributed by atoms with Gasteiger partial charge in [0.15, 0.2) is 0 Å². The van der Waals surface area contributed by atoms with Crippen molar-refractivity contribution in [2.75, 3.05) is 7.05 Å². The van der Waals surface area contributed by atoms with E-state index in [9.17, 15) is 0 Å². The molecule has 0 radical (unpaired) electrons. The summed E-state index contributed by atoms with van der Waals surface area (Å²) < 4.78 is 0. The molecule has 0 unspecified atom stereocenters. The van der Waals surface area contributed by atoms with Gasteiger partial charge in [-0.2, -0.15) is 0 Å². The van der Waals surface area contributed by atoms with Gasteiger partial charge in [-0.25, -0.2) is 0 Å². The van der Waals surface area contributed by atoms with E-state index in [4.69, 9.17) is 0 Å². The molecule has 11 heavy (non-hydrogen) atoms. The molecule has 64 valence electrons. The molecule has 0 aromatic carbocycles. The summed E-state index contributed by atoms with van der Waals surface area (Å²) in [4.78, 5) is 3.96. The molecule has 1 N–H and O–H groups in total. The van der Waals surface area contributed by atoms with Crippen LogP contribution in [0, 0.1) is 5.92 Å². The second-order valence-corrected chi connectivity index (χ2v) is 2.99. The number of hydrogen-bond acceptors (Lipinski definition) is 1. The fourth-order valence-electron chi connectivity index (χ4n) is 0.584. The van der Waals surface area contributed by atoms with E-state index in [-0.39, 0.29) is 0 Å². The van der Waals surface area contributed by atoms with Crippen LogP contribution in [0.15, 0.2) is 17.3 Å². The van der Waals surface area contributed by atoms with Crippen molar-refractivity contribution in [1.29, 1.82) is 0 Å². The molecule has 0 bridgehead atoms. The quantitative estimate of drug-likeness (QED) is 0.489. The number of aliphatic imine (C=N–C) groups is 1. The lowest BCUT2D eigenvalue weighted by Gasteiger charge is -1.98. The van der Waals surface area contributed by atoms with E-state index in [1.807, 2.05) is 13.1 Å². The van der Waals surface area contributed by atoms with Gasteiger partial charge in [-0.15, -0.1) is 0 Å². The van der Waals surface area contributed by atoms with Crippen LogP contribution in [0.4, 0.5) is 0 Å². The van der Waals surface area contributed by atoms with Gasteiger partial charge in [-0.05, 0) is 25.5 Å². The van der Waals surface area contributed by atoms with E-state index in [0.717, 1.165) is 18.2 Å². The highest BCUT2D eigenvalue weighted by molar-refractivity contribution is 5.80. The number of rotatable bonds is 3. The second-order valence-electron chi connectivity index (χ2n) is 2.99. The van der Waals surface area contributed by atoms with Gasteiger partial charge >= 0.3 is 0 Å². The van der Waals surface area contributed by atoms with Crippen LogP contribution in [0.2, 0.25) is 0 Å². The summed E-state index contributed by atoms with van der Waals surface area (Å²) >= 11 is 0. The minimum Gasteiger partial charge on any atom is -0.351 e. The monoisotopic (exact) mass is 154 g/mol. The number of allylic oxidation sites excluding steroid dienone is 1. The SMILES string of the molecule is CN=C(C)N/C=C\CC(C)C. The first kappa shape index (κ1) is 10.2. The van der Waals surface area contributed by atoms with Crippen LogP contribution in [-0.4, -0.2) is 12.9 Å². The molecule has 0 aromatic heterocycles. The van der Waals surface area contributed by atoms with Crippen molar-refractivity contribution in [3.05, 3.63) is 12.3 Å². The van der Waals surface area contributed by atoms with Gasteiger partial charge < -0.3 is 5.32 Å². The average molecular weight is 154 g/mol. The first-order valence-electron chi connectivity index (χ1n) is 4.01. The lowest BCUT2D eigenvalue weighted by Crippen LogP contribution is -2.12. The topological polar surface area (TPSA) is 24.4 Å². The highest BCUT2D eigenvalue weighted by Gasteiger charge is 1.86. The Morgan fingerprint density at radius 3 is 2.64 bits per heavy atom. The molecule has 2 heteroatoms. The van der Waals surface area contributed by atoms with Crippen molar-refractivity contribution in [1.82, 2.24) is 5.32 Å². The Morgan fingerprint density at radius 1 is 1.55 bits per heavy atom. The Hall–Kier alpha value is -0.790. The van der Waals surface area contributed by atoms with E-state index in [1.54, 1.807) is 7.05 Å². The van der Waals surface area contributed by atoms with Gasteiger partial charge in [0.25, 0.3) is 0 Å². The number of nitrogens with one attached hydrogen (secondary N) is 1. The highest BCUT2D eigenvalue weighted by atomic mass is 14.9. The first-order chi connectivity index (χ1) is 5.16. The minimum atomic E-state index is 0.729. The molecule has 0 amide bonds. The third kappa shape index (κ3) is 7.10. The van der Waals surface area contributed by atoms with E-state index in [0.29, 0.717) is 0 Å². The molecular formula is C9H18N2. The summed E-state index contributed by atoms with van der Waals surface area (Å²) in [7, 11) is 1.78. The van der Waals surface area contributed by atoms with Crippen LogP contribution < -0.4 is 5.32 Å². The maximum Gasteiger partial charge on any atom is 0.0967 e. The number of nitrogens with zero attached hydrogens (tertiary/aromatic N) is 1. The Balaban J connectivity index is 3.45. The molecule has 0 aliphatic rings. The molecule has 0 aliphatic carbocycles. The van der Waals surface area contributed by atoms with E-state index in [1.165, 1.54) is 0 Å². The lowest BCUT2D eigenvalue weighted by molar-refractivity contribution is 0.662. The predicted molar refractivity (Wildman–Crippen MR) is 50.8 cm³/mol. The van der Waals surface area contributed by atoms with E-state index >= 15 is 0 Å². The Labute approximate surface area is 69.4 Å². The van der Waals surface area contributed by atoms with Gasteiger partial charge in [0, 0.05) is 7.05 Å². The molecule has 0 atom stereocenters. The lowest BCUT2D eigenvalue weighted by atomic mass is 10.1. The van der Waals surface area contributed by atoms with Gasteiger partial charge in [-0.1, -0.05) is 19.9 Å². The van der Waals surface area contributed by atoms with E-state index in [2.05, 4.69) is 30.2 Å². The maximum absolute atomic E-state index is 3.96. The van der Waals surface area contributed by atoms with Gasteiger partial charge in [-0.3, -0.25) is 4.99 Å². The molecule has 0 saturated carbocycles. The van der Waals surface area contributed by atoms with Crippen molar-refractivity contribution in [3.8, 4) is 0 Å². The van der Waals surface area contributed by atoms with Crippen LogP contribution >= 0.6 is 0 Å². The first-order valence-corrected chi connectivity index (χ1v) is 4.01. The standard InChI is InChI=1S/C9H18N2/c1-8(2)6-5-7-11-9(3)10-4/h5,7-8H,6H2,1-4H3,(H,10,11)/b7-5-. The molecule has 0 rings (SSSR count). The summed E-state index contributed by atoms with van der Waals surface area (Å²) in [6.07, 6.45) is 5.19. The molecule has 0 aliphatic heterocycles. The van der Waals surface area contributed by atoms with Crippen molar-refractivity contribution in [2.24, 2.45) is 10.9 Å². The Bertz CT molecular complexity index is 146. The maximum atomic E-state index is 3.96. The molecule has 0 aromatic rings. The zero-order valence-electron chi connectivity index (χ0n) is 7.89. The van der Waals surface area contributed by atoms with Crippen LogP contribution in [0.5, 0.6) is 0 Å². The highest BCUT2D eigenvalue weighted by Crippen LogP contribution is 1.98. The normalized spacial score (nSPS) is 13.0. The van der Waals surface area contributed by atoms with Crippen LogP contribution in [0.25, 0.3) is 0 Å². The van der Waals surface area contributed by atoms with Crippen molar-refractivity contribution < 1.29 is 0 Å². The number of amidine groups is 1. The second kappa shape index (κ2) is 5.96. The van der Waals surface area contributed by atoms with Crippen molar-refractivity contribution in [3.63, 3.8) is 0 Å². The molecule has 0 heterocycles. The van der Waals surface area contributed by atoms with E-state index < -0.39 is 0 Å². The zero-order chi connectivity index (χ0) is 8.69. The van der Waals surface area contributed by atoms with Crippen LogP contribution in [0.1, 0.15) is 27.2 Å². The summed E-state index contributed by atoms with van der Waals surface area (Å²) in [6, 6.07) is 0. The average Bonchev–Trinajstić information content (AvgIpc) is 1.97. The van der Waals surface area contributed by atoms with Crippen LogP contribution in [0.3, 0.4) is 0 Å². The number of hydrogen-bond donors (Lipinski definition) is 1. The largest absolute Gasteiger partial charge is 0.351 e. The fourth-order valence-corrected chi connectivity index (χ4v) is 0.584. The zero-order valence-corrected chi connectivity index (χ0v) is 7.89. The van der Waals surface area contributed by atoms with Crippen molar-refractivity contribution in [2.45, 2.75) is 27.2 Å². The predicted octanol–water partition coefficient (Wildman–Crippen LogP) is 2.18. The summed E-state index contributed by atoms with van der Waals surface area (Å²) in [5.41, 5.74) is 0. The molecular weight excluding hydrogens is 136 g/mol. The molecule has 0 fully saturated rings. The Kier molecular flexibility index (Phi) is 5.53. The summed E-state index contributed by atoms with van der Waals surface area (Å²) in [6.45, 7) is 6.34. The molecule has 2 nitrogen and oxygen atoms in total. The third-order valence-corrected chi connectivity index (χ3v) is 1.35. The Morgan fingerprint density at radius 2 is 2.18 bits per heavy atom. The molecule has 0 saturated heterocycles.